The van der Waals surface area contributed by atoms with E-state index in [-0.39, 0.29) is 0 Å². The lowest BCUT2D eigenvalue weighted by Gasteiger charge is -2.10. The summed E-state index contributed by atoms with van der Waals surface area (Å²) >= 11 is 1.79. The van der Waals surface area contributed by atoms with E-state index in [4.69, 9.17) is 10.5 Å². The van der Waals surface area contributed by atoms with Gasteiger partial charge < -0.3 is 10.5 Å². The predicted octanol–water partition coefficient (Wildman–Crippen LogP) is 2.71. The average Bonchev–Trinajstić information content (AvgIpc) is 2.74. The summed E-state index contributed by atoms with van der Waals surface area (Å²) in [6.07, 6.45) is 5.23. The van der Waals surface area contributed by atoms with Crippen molar-refractivity contribution in [2.45, 2.75) is 36.0 Å². The van der Waals surface area contributed by atoms with Crippen LogP contribution in [-0.4, -0.2) is 17.3 Å². The number of thioether (sulfide) groups is 1. The summed E-state index contributed by atoms with van der Waals surface area (Å²) in [6, 6.07) is 3.66. The fraction of sp³-hybridized carbons (Fsp3) is 0.545. The minimum atomic E-state index is 0.643. The van der Waals surface area contributed by atoms with Gasteiger partial charge in [0.2, 0.25) is 5.88 Å². The molecule has 1 heterocycles. The smallest absolute Gasteiger partial charge is 0.214 e. The van der Waals surface area contributed by atoms with Crippen LogP contribution in [0.25, 0.3) is 0 Å². The van der Waals surface area contributed by atoms with Crippen LogP contribution in [0, 0.1) is 0 Å². The SMILES string of the molecule is COc1ccc(N)c(SC2CCCC2)n1. The van der Waals surface area contributed by atoms with Crippen LogP contribution in [-0.2, 0) is 0 Å². The molecule has 1 saturated carbocycles. The van der Waals surface area contributed by atoms with Gasteiger partial charge in [-0.1, -0.05) is 12.8 Å². The third-order valence-corrected chi connectivity index (χ3v) is 4.01. The maximum Gasteiger partial charge on any atom is 0.214 e. The van der Waals surface area contributed by atoms with Gasteiger partial charge in [-0.05, 0) is 18.9 Å². The molecule has 1 aromatic heterocycles. The van der Waals surface area contributed by atoms with Crippen molar-refractivity contribution >= 4 is 17.4 Å². The molecule has 2 rings (SSSR count). The van der Waals surface area contributed by atoms with Gasteiger partial charge in [-0.25, -0.2) is 4.98 Å². The zero-order valence-electron chi connectivity index (χ0n) is 8.90. The van der Waals surface area contributed by atoms with Crippen molar-refractivity contribution in [2.75, 3.05) is 12.8 Å². The van der Waals surface area contributed by atoms with Gasteiger partial charge in [0, 0.05) is 11.3 Å². The van der Waals surface area contributed by atoms with Crippen molar-refractivity contribution in [3.63, 3.8) is 0 Å². The average molecular weight is 224 g/mol. The summed E-state index contributed by atoms with van der Waals surface area (Å²) in [5.41, 5.74) is 6.64. The molecule has 4 heteroatoms. The highest BCUT2D eigenvalue weighted by Gasteiger charge is 2.18. The largest absolute Gasteiger partial charge is 0.481 e. The Kier molecular flexibility index (Phi) is 3.36. The second kappa shape index (κ2) is 4.75. The Bertz CT molecular complexity index is 337. The van der Waals surface area contributed by atoms with E-state index in [1.807, 2.05) is 6.07 Å². The van der Waals surface area contributed by atoms with Gasteiger partial charge in [0.15, 0.2) is 0 Å². The van der Waals surface area contributed by atoms with Crippen LogP contribution < -0.4 is 10.5 Å². The summed E-state index contributed by atoms with van der Waals surface area (Å²) in [4.78, 5) is 4.37. The Balaban J connectivity index is 2.11. The molecule has 0 amide bonds. The normalized spacial score (nSPS) is 16.9. The topological polar surface area (TPSA) is 48.1 Å². The molecule has 15 heavy (non-hydrogen) atoms. The molecule has 0 radical (unpaired) electrons. The zero-order chi connectivity index (χ0) is 10.7. The van der Waals surface area contributed by atoms with Gasteiger partial charge in [-0.3, -0.25) is 0 Å². The quantitative estimate of drug-likeness (QED) is 0.857. The Morgan fingerprint density at radius 3 is 2.80 bits per heavy atom. The molecule has 1 aromatic rings. The number of anilines is 1. The number of nitrogen functional groups attached to an aromatic ring is 1. The molecule has 0 aromatic carbocycles. The van der Waals surface area contributed by atoms with Crippen molar-refractivity contribution in [2.24, 2.45) is 0 Å². The second-order valence-corrected chi connectivity index (χ2v) is 5.06. The molecule has 0 bridgehead atoms. The van der Waals surface area contributed by atoms with E-state index in [1.54, 1.807) is 24.9 Å². The molecule has 3 nitrogen and oxygen atoms in total. The maximum absolute atomic E-state index is 5.88. The summed E-state index contributed by atoms with van der Waals surface area (Å²) in [5.74, 6) is 0.643. The van der Waals surface area contributed by atoms with Crippen LogP contribution in [0.4, 0.5) is 5.69 Å². The molecule has 1 fully saturated rings. The number of aromatic nitrogens is 1. The van der Waals surface area contributed by atoms with Crippen LogP contribution in [0.2, 0.25) is 0 Å². The van der Waals surface area contributed by atoms with Gasteiger partial charge in [0.05, 0.1) is 12.8 Å². The Labute approximate surface area is 94.4 Å². The van der Waals surface area contributed by atoms with E-state index in [2.05, 4.69) is 4.98 Å². The first-order valence-corrected chi connectivity index (χ1v) is 6.14. The van der Waals surface area contributed by atoms with E-state index in [1.165, 1.54) is 25.7 Å². The second-order valence-electron chi connectivity index (χ2n) is 3.77. The highest BCUT2D eigenvalue weighted by molar-refractivity contribution is 8.00. The van der Waals surface area contributed by atoms with E-state index < -0.39 is 0 Å². The van der Waals surface area contributed by atoms with E-state index in [9.17, 15) is 0 Å². The number of pyridine rings is 1. The van der Waals surface area contributed by atoms with E-state index in [0.29, 0.717) is 11.1 Å². The molecule has 0 atom stereocenters. The van der Waals surface area contributed by atoms with Crippen molar-refractivity contribution in [3.05, 3.63) is 12.1 Å². The number of nitrogens with two attached hydrogens (primary N) is 1. The lowest BCUT2D eigenvalue weighted by atomic mass is 10.4. The van der Waals surface area contributed by atoms with Gasteiger partial charge in [0.1, 0.15) is 5.03 Å². The molecular weight excluding hydrogens is 208 g/mol. The number of hydrogen-bond donors (Lipinski definition) is 1. The molecule has 0 spiro atoms. The highest BCUT2D eigenvalue weighted by atomic mass is 32.2. The first-order chi connectivity index (χ1) is 7.29. The van der Waals surface area contributed by atoms with Crippen molar-refractivity contribution in [1.82, 2.24) is 4.98 Å². The van der Waals surface area contributed by atoms with Crippen LogP contribution in [0.15, 0.2) is 17.2 Å². The summed E-state index contributed by atoms with van der Waals surface area (Å²) in [6.45, 7) is 0. The molecular formula is C11H16N2OS. The number of nitrogens with zero attached hydrogens (tertiary/aromatic N) is 1. The Hall–Kier alpha value is -0.900. The number of hydrogen-bond acceptors (Lipinski definition) is 4. The molecule has 1 aliphatic carbocycles. The third kappa shape index (κ3) is 2.56. The van der Waals surface area contributed by atoms with E-state index in [0.717, 1.165) is 10.7 Å². The van der Waals surface area contributed by atoms with Crippen LogP contribution in [0.3, 0.4) is 0 Å². The monoisotopic (exact) mass is 224 g/mol. The third-order valence-electron chi connectivity index (χ3n) is 2.65. The Morgan fingerprint density at radius 1 is 1.40 bits per heavy atom. The summed E-state index contributed by atoms with van der Waals surface area (Å²) in [5, 5.41) is 1.60. The maximum atomic E-state index is 5.88. The van der Waals surface area contributed by atoms with Gasteiger partial charge in [-0.15, -0.1) is 11.8 Å². The molecule has 1 aliphatic rings. The lowest BCUT2D eigenvalue weighted by Crippen LogP contribution is -1.99. The first kappa shape index (κ1) is 10.6. The zero-order valence-corrected chi connectivity index (χ0v) is 9.72. The minimum absolute atomic E-state index is 0.643. The fourth-order valence-corrected chi connectivity index (χ4v) is 3.04. The summed E-state index contributed by atoms with van der Waals surface area (Å²) in [7, 11) is 1.63. The number of methoxy groups -OCH3 is 1. The minimum Gasteiger partial charge on any atom is -0.481 e. The van der Waals surface area contributed by atoms with Crippen molar-refractivity contribution < 1.29 is 4.74 Å². The molecule has 0 unspecified atom stereocenters. The highest BCUT2D eigenvalue weighted by Crippen LogP contribution is 2.36. The lowest BCUT2D eigenvalue weighted by molar-refractivity contribution is 0.395. The van der Waals surface area contributed by atoms with Crippen LogP contribution in [0.5, 0.6) is 5.88 Å². The van der Waals surface area contributed by atoms with Crippen LogP contribution in [0.1, 0.15) is 25.7 Å². The van der Waals surface area contributed by atoms with Crippen LogP contribution >= 0.6 is 11.8 Å². The summed E-state index contributed by atoms with van der Waals surface area (Å²) < 4.78 is 5.09. The number of rotatable bonds is 3. The molecule has 0 aliphatic heterocycles. The Morgan fingerprint density at radius 2 is 2.13 bits per heavy atom. The van der Waals surface area contributed by atoms with Gasteiger partial charge in [-0.2, -0.15) is 0 Å². The number of ether oxygens (including phenoxy) is 1. The standard InChI is InChI=1S/C11H16N2OS/c1-14-10-7-6-9(12)11(13-10)15-8-4-2-3-5-8/h6-8H,2-5,12H2,1H3. The fourth-order valence-electron chi connectivity index (χ4n) is 1.81. The van der Waals surface area contributed by atoms with Crippen molar-refractivity contribution in [3.8, 4) is 5.88 Å². The first-order valence-electron chi connectivity index (χ1n) is 5.27. The van der Waals surface area contributed by atoms with Gasteiger partial charge >= 0.3 is 0 Å². The molecule has 82 valence electrons. The predicted molar refractivity (Wildman–Crippen MR) is 63.3 cm³/mol. The van der Waals surface area contributed by atoms with Crippen molar-refractivity contribution in [1.29, 1.82) is 0 Å². The van der Waals surface area contributed by atoms with E-state index >= 15 is 0 Å². The molecule has 0 saturated heterocycles. The van der Waals surface area contributed by atoms with Gasteiger partial charge in [0.25, 0.3) is 0 Å². The molecule has 2 N–H and O–H groups in total.